The van der Waals surface area contributed by atoms with E-state index in [1.165, 1.54) is 18.9 Å². The lowest BCUT2D eigenvalue weighted by Gasteiger charge is -2.08. The Morgan fingerprint density at radius 3 is 2.54 bits per heavy atom. The molecule has 0 aromatic heterocycles. The summed E-state index contributed by atoms with van der Waals surface area (Å²) in [6.07, 6.45) is 1.87. The zero-order chi connectivity index (χ0) is 17.7. The molecule has 24 heavy (non-hydrogen) atoms. The minimum atomic E-state index is -3.67. The van der Waals surface area contributed by atoms with E-state index in [1.807, 2.05) is 0 Å². The SMILES string of the molecule is COC(=O)c1ccccc1/C(C#N)=C1/CC/C(=N/OS(C)(=O)=O)S1. The number of carbonyl (C=O) groups excluding carboxylic acids is 1. The van der Waals surface area contributed by atoms with Crippen molar-refractivity contribution in [3.8, 4) is 6.07 Å². The van der Waals surface area contributed by atoms with Gasteiger partial charge in [0.15, 0.2) is 0 Å². The Kier molecular flexibility index (Phi) is 5.64. The molecule has 1 aromatic rings. The average Bonchev–Trinajstić information content (AvgIpc) is 3.01. The lowest BCUT2D eigenvalue weighted by Crippen LogP contribution is -2.05. The predicted octanol–water partition coefficient (Wildman–Crippen LogP) is 2.52. The fourth-order valence-corrected chi connectivity index (χ4v) is 3.37. The number of esters is 1. The molecule has 1 heterocycles. The van der Waals surface area contributed by atoms with Crippen molar-refractivity contribution in [2.45, 2.75) is 12.8 Å². The summed E-state index contributed by atoms with van der Waals surface area (Å²) in [5.74, 6) is -0.531. The molecule has 1 fully saturated rings. The maximum Gasteiger partial charge on any atom is 0.338 e. The summed E-state index contributed by atoms with van der Waals surface area (Å²) in [5.41, 5.74) is 1.10. The molecule has 7 nitrogen and oxygen atoms in total. The molecule has 0 bridgehead atoms. The highest BCUT2D eigenvalue weighted by Gasteiger charge is 2.24. The number of hydrogen-bond donors (Lipinski definition) is 0. The number of allylic oxidation sites excluding steroid dienone is 2. The number of thioether (sulfide) groups is 1. The van der Waals surface area contributed by atoms with Crippen molar-refractivity contribution < 1.29 is 22.2 Å². The Morgan fingerprint density at radius 1 is 1.29 bits per heavy atom. The highest BCUT2D eigenvalue weighted by Crippen LogP contribution is 2.39. The quantitative estimate of drug-likeness (QED) is 0.458. The van der Waals surface area contributed by atoms with Crippen molar-refractivity contribution in [1.82, 2.24) is 0 Å². The van der Waals surface area contributed by atoms with Crippen LogP contribution in [0.15, 0.2) is 34.3 Å². The molecule has 1 saturated heterocycles. The minimum Gasteiger partial charge on any atom is -0.465 e. The summed E-state index contributed by atoms with van der Waals surface area (Å²) < 4.78 is 31.1. The van der Waals surface area contributed by atoms with E-state index in [0.717, 1.165) is 6.26 Å². The van der Waals surface area contributed by atoms with Gasteiger partial charge in [0.25, 0.3) is 0 Å². The third-order valence-corrected chi connectivity index (χ3v) is 4.59. The average molecular weight is 366 g/mol. The number of benzene rings is 1. The molecule has 0 unspecified atom stereocenters. The highest BCUT2D eigenvalue weighted by atomic mass is 32.2. The topological polar surface area (TPSA) is 106 Å². The van der Waals surface area contributed by atoms with Crippen LogP contribution in [0.3, 0.4) is 0 Å². The van der Waals surface area contributed by atoms with Crippen LogP contribution in [0.1, 0.15) is 28.8 Å². The van der Waals surface area contributed by atoms with Crippen LogP contribution in [-0.2, 0) is 19.1 Å². The summed E-state index contributed by atoms with van der Waals surface area (Å²) in [4.78, 5) is 12.6. The van der Waals surface area contributed by atoms with E-state index in [9.17, 15) is 18.5 Å². The highest BCUT2D eigenvalue weighted by molar-refractivity contribution is 8.17. The third kappa shape index (κ3) is 4.37. The molecular weight excluding hydrogens is 352 g/mol. The van der Waals surface area contributed by atoms with Crippen molar-refractivity contribution in [1.29, 1.82) is 5.26 Å². The Balaban J connectivity index is 2.38. The van der Waals surface area contributed by atoms with Crippen LogP contribution >= 0.6 is 11.8 Å². The van der Waals surface area contributed by atoms with E-state index in [4.69, 9.17) is 4.74 Å². The van der Waals surface area contributed by atoms with Crippen LogP contribution in [0.4, 0.5) is 0 Å². The zero-order valence-corrected chi connectivity index (χ0v) is 14.6. The van der Waals surface area contributed by atoms with Gasteiger partial charge in [0.05, 0.1) is 24.5 Å². The van der Waals surface area contributed by atoms with E-state index < -0.39 is 16.1 Å². The van der Waals surface area contributed by atoms with Gasteiger partial charge in [0.1, 0.15) is 11.1 Å². The molecule has 9 heteroatoms. The normalized spacial score (nSPS) is 18.1. The first-order valence-electron chi connectivity index (χ1n) is 6.80. The molecule has 0 saturated carbocycles. The number of ether oxygens (including phenoxy) is 1. The molecule has 0 aliphatic carbocycles. The number of nitrogens with zero attached hydrogens (tertiary/aromatic N) is 2. The molecule has 1 aliphatic heterocycles. The van der Waals surface area contributed by atoms with Crippen molar-refractivity contribution in [3.63, 3.8) is 0 Å². The van der Waals surface area contributed by atoms with Gasteiger partial charge in [-0.05, 0) is 12.5 Å². The summed E-state index contributed by atoms with van der Waals surface area (Å²) in [7, 11) is -2.40. The van der Waals surface area contributed by atoms with Crippen LogP contribution in [0.2, 0.25) is 0 Å². The number of oxime groups is 1. The van der Waals surface area contributed by atoms with Gasteiger partial charge in [-0.15, -0.1) is 0 Å². The Morgan fingerprint density at radius 2 is 1.96 bits per heavy atom. The van der Waals surface area contributed by atoms with Crippen LogP contribution < -0.4 is 0 Å². The smallest absolute Gasteiger partial charge is 0.338 e. The van der Waals surface area contributed by atoms with Crippen LogP contribution in [0, 0.1) is 11.3 Å². The molecule has 0 radical (unpaired) electrons. The van der Waals surface area contributed by atoms with E-state index in [0.29, 0.717) is 39.5 Å². The van der Waals surface area contributed by atoms with E-state index in [2.05, 4.69) is 15.5 Å². The number of methoxy groups -OCH3 is 1. The first-order valence-corrected chi connectivity index (χ1v) is 9.43. The largest absolute Gasteiger partial charge is 0.465 e. The predicted molar refractivity (Wildman–Crippen MR) is 90.5 cm³/mol. The molecule has 1 aromatic carbocycles. The van der Waals surface area contributed by atoms with Crippen LogP contribution in [-0.4, -0.2) is 32.8 Å². The number of carbonyl (C=O) groups is 1. The van der Waals surface area contributed by atoms with Crippen LogP contribution in [0.5, 0.6) is 0 Å². The monoisotopic (exact) mass is 366 g/mol. The lowest BCUT2D eigenvalue weighted by molar-refractivity contribution is 0.0600. The van der Waals surface area contributed by atoms with Gasteiger partial charge in [-0.2, -0.15) is 13.7 Å². The van der Waals surface area contributed by atoms with Gasteiger partial charge in [0, 0.05) is 16.9 Å². The van der Waals surface area contributed by atoms with Gasteiger partial charge in [-0.3, -0.25) is 4.28 Å². The number of nitriles is 1. The minimum absolute atomic E-state index is 0.294. The molecule has 2 rings (SSSR count). The summed E-state index contributed by atoms with van der Waals surface area (Å²) in [6.45, 7) is 0. The molecule has 126 valence electrons. The molecule has 0 amide bonds. The fourth-order valence-electron chi connectivity index (χ4n) is 2.08. The van der Waals surface area contributed by atoms with Crippen molar-refractivity contribution >= 4 is 38.5 Å². The Bertz CT molecular complexity index is 866. The summed E-state index contributed by atoms with van der Waals surface area (Å²) >= 11 is 1.17. The number of rotatable bonds is 4. The van der Waals surface area contributed by atoms with Crippen LogP contribution in [0.25, 0.3) is 5.57 Å². The van der Waals surface area contributed by atoms with Crippen molar-refractivity contribution in [2.75, 3.05) is 13.4 Å². The number of hydrogen-bond acceptors (Lipinski definition) is 8. The molecule has 0 atom stereocenters. The first-order chi connectivity index (χ1) is 11.4. The lowest BCUT2D eigenvalue weighted by atomic mass is 9.99. The van der Waals surface area contributed by atoms with E-state index in [1.54, 1.807) is 24.3 Å². The molecular formula is C15H14N2O5S2. The maximum absolute atomic E-state index is 11.9. The Labute approximate surface area is 144 Å². The van der Waals surface area contributed by atoms with E-state index in [-0.39, 0.29) is 0 Å². The second kappa shape index (κ2) is 7.51. The third-order valence-electron chi connectivity index (χ3n) is 3.07. The second-order valence-corrected chi connectivity index (χ2v) is 7.54. The maximum atomic E-state index is 11.9. The van der Waals surface area contributed by atoms with Gasteiger partial charge >= 0.3 is 16.1 Å². The fraction of sp³-hybridized carbons (Fsp3) is 0.267. The van der Waals surface area contributed by atoms with Gasteiger partial charge in [-0.1, -0.05) is 35.1 Å². The standard InChI is InChI=1S/C15H14N2O5S2/c1-21-15(18)11-6-4-3-5-10(11)12(9-16)13-7-8-14(23-13)17-22-24(2,19)20/h3-6H,7-8H2,1-2H3/b13-12-,17-14-. The van der Waals surface area contributed by atoms with Gasteiger partial charge < -0.3 is 4.74 Å². The van der Waals surface area contributed by atoms with E-state index >= 15 is 0 Å². The first kappa shape index (κ1) is 18.0. The summed E-state index contributed by atoms with van der Waals surface area (Å²) in [6, 6.07) is 8.77. The van der Waals surface area contributed by atoms with Gasteiger partial charge in [-0.25, -0.2) is 4.79 Å². The molecule has 1 aliphatic rings. The second-order valence-electron chi connectivity index (χ2n) is 4.81. The molecule has 0 spiro atoms. The summed E-state index contributed by atoms with van der Waals surface area (Å²) in [5, 5.41) is 13.6. The Hall–Kier alpha value is -2.31. The van der Waals surface area contributed by atoms with Gasteiger partial charge in [0.2, 0.25) is 0 Å². The molecule has 0 N–H and O–H groups in total. The van der Waals surface area contributed by atoms with Crippen molar-refractivity contribution in [3.05, 3.63) is 40.3 Å². The zero-order valence-electron chi connectivity index (χ0n) is 13.0. The van der Waals surface area contributed by atoms with Crippen molar-refractivity contribution in [2.24, 2.45) is 5.16 Å².